The minimum Gasteiger partial charge on any atom is -0.320 e. The zero-order valence-electron chi connectivity index (χ0n) is 9.72. The van der Waals surface area contributed by atoms with Gasteiger partial charge in [-0.3, -0.25) is 9.89 Å². The van der Waals surface area contributed by atoms with E-state index in [1.165, 1.54) is 0 Å². The highest BCUT2D eigenvalue weighted by Gasteiger charge is 2.09. The molecule has 3 aromatic rings. The Morgan fingerprint density at radius 3 is 3.05 bits per heavy atom. The van der Waals surface area contributed by atoms with Gasteiger partial charge < -0.3 is 5.32 Å². The standard InChI is InChI=1S/C13H9BrN4O/c14-12-10(2-1-5-15-12)17-13(19)8-3-4-9-7-16-18-11(9)6-8/h1-7H,(H,16,18)(H,17,19). The van der Waals surface area contributed by atoms with E-state index in [1.54, 1.807) is 36.7 Å². The van der Waals surface area contributed by atoms with E-state index in [9.17, 15) is 4.79 Å². The van der Waals surface area contributed by atoms with Crippen LogP contribution in [0, 0.1) is 0 Å². The first-order valence-corrected chi connectivity index (χ1v) is 6.38. The SMILES string of the molecule is O=C(Nc1cccnc1Br)c1ccc2cn[nH]c2c1. The number of H-pyrrole nitrogens is 1. The Bertz CT molecular complexity index is 753. The quantitative estimate of drug-likeness (QED) is 0.714. The summed E-state index contributed by atoms with van der Waals surface area (Å²) >= 11 is 3.29. The van der Waals surface area contributed by atoms with Gasteiger partial charge in [-0.1, -0.05) is 6.07 Å². The fourth-order valence-corrected chi connectivity index (χ4v) is 2.10. The van der Waals surface area contributed by atoms with Gasteiger partial charge in [0, 0.05) is 17.1 Å². The fraction of sp³-hybridized carbons (Fsp3) is 0. The number of amides is 1. The Morgan fingerprint density at radius 1 is 1.32 bits per heavy atom. The summed E-state index contributed by atoms with van der Waals surface area (Å²) in [5, 5.41) is 10.5. The average Bonchev–Trinajstić information content (AvgIpc) is 2.88. The van der Waals surface area contributed by atoms with Crippen LogP contribution in [-0.4, -0.2) is 21.1 Å². The third-order valence-corrected chi connectivity index (χ3v) is 3.34. The third kappa shape index (κ3) is 2.34. The van der Waals surface area contributed by atoms with Gasteiger partial charge >= 0.3 is 0 Å². The van der Waals surface area contributed by atoms with Crippen LogP contribution in [0.25, 0.3) is 10.9 Å². The number of fused-ring (bicyclic) bond motifs is 1. The minimum atomic E-state index is -0.190. The van der Waals surface area contributed by atoms with Crippen molar-refractivity contribution in [3.63, 3.8) is 0 Å². The molecule has 6 heteroatoms. The van der Waals surface area contributed by atoms with E-state index >= 15 is 0 Å². The smallest absolute Gasteiger partial charge is 0.255 e. The van der Waals surface area contributed by atoms with Crippen LogP contribution in [0.5, 0.6) is 0 Å². The predicted octanol–water partition coefficient (Wildman–Crippen LogP) is 2.97. The second kappa shape index (κ2) is 4.81. The van der Waals surface area contributed by atoms with Crippen molar-refractivity contribution in [1.82, 2.24) is 15.2 Å². The first kappa shape index (κ1) is 11.9. The summed E-state index contributed by atoms with van der Waals surface area (Å²) in [6.45, 7) is 0. The van der Waals surface area contributed by atoms with Crippen molar-refractivity contribution < 1.29 is 4.79 Å². The summed E-state index contributed by atoms with van der Waals surface area (Å²) in [4.78, 5) is 16.2. The topological polar surface area (TPSA) is 70.7 Å². The van der Waals surface area contributed by atoms with Crippen molar-refractivity contribution in [2.45, 2.75) is 0 Å². The van der Waals surface area contributed by atoms with E-state index < -0.39 is 0 Å². The summed E-state index contributed by atoms with van der Waals surface area (Å²) in [5.41, 5.74) is 2.03. The van der Waals surface area contributed by atoms with Crippen LogP contribution < -0.4 is 5.32 Å². The molecule has 1 aromatic carbocycles. The lowest BCUT2D eigenvalue weighted by Crippen LogP contribution is -2.12. The molecule has 0 aliphatic heterocycles. The average molecular weight is 317 g/mol. The number of anilines is 1. The molecule has 0 saturated heterocycles. The first-order valence-electron chi connectivity index (χ1n) is 5.59. The molecule has 0 spiro atoms. The van der Waals surface area contributed by atoms with Crippen molar-refractivity contribution in [2.75, 3.05) is 5.32 Å². The molecular weight excluding hydrogens is 308 g/mol. The molecule has 2 heterocycles. The zero-order chi connectivity index (χ0) is 13.2. The summed E-state index contributed by atoms with van der Waals surface area (Å²) in [7, 11) is 0. The van der Waals surface area contributed by atoms with Gasteiger partial charge in [-0.15, -0.1) is 0 Å². The van der Waals surface area contributed by atoms with Gasteiger partial charge in [0.25, 0.3) is 5.91 Å². The molecule has 0 aliphatic rings. The van der Waals surface area contributed by atoms with Crippen LogP contribution in [0.2, 0.25) is 0 Å². The number of carbonyl (C=O) groups is 1. The number of hydrogen-bond donors (Lipinski definition) is 2. The number of benzene rings is 1. The van der Waals surface area contributed by atoms with E-state index in [1.807, 2.05) is 6.07 Å². The fourth-order valence-electron chi connectivity index (χ4n) is 1.75. The highest BCUT2D eigenvalue weighted by atomic mass is 79.9. The van der Waals surface area contributed by atoms with Crippen LogP contribution in [0.4, 0.5) is 5.69 Å². The Morgan fingerprint density at radius 2 is 2.21 bits per heavy atom. The van der Waals surface area contributed by atoms with Gasteiger partial charge in [-0.05, 0) is 40.2 Å². The molecule has 2 aromatic heterocycles. The monoisotopic (exact) mass is 316 g/mol. The van der Waals surface area contributed by atoms with E-state index in [0.717, 1.165) is 10.9 Å². The lowest BCUT2D eigenvalue weighted by atomic mass is 10.1. The van der Waals surface area contributed by atoms with Crippen LogP contribution in [-0.2, 0) is 0 Å². The van der Waals surface area contributed by atoms with Crippen molar-refractivity contribution in [3.8, 4) is 0 Å². The van der Waals surface area contributed by atoms with Gasteiger partial charge in [-0.25, -0.2) is 4.98 Å². The summed E-state index contributed by atoms with van der Waals surface area (Å²) in [6, 6.07) is 8.92. The second-order valence-corrected chi connectivity index (χ2v) is 4.72. The van der Waals surface area contributed by atoms with Gasteiger partial charge in [0.1, 0.15) is 4.60 Å². The highest BCUT2D eigenvalue weighted by molar-refractivity contribution is 9.10. The maximum Gasteiger partial charge on any atom is 0.255 e. The van der Waals surface area contributed by atoms with Crippen LogP contribution in [0.15, 0.2) is 47.3 Å². The number of carbonyl (C=O) groups excluding carboxylic acids is 1. The molecule has 0 saturated carbocycles. The normalized spacial score (nSPS) is 10.6. The largest absolute Gasteiger partial charge is 0.320 e. The minimum absolute atomic E-state index is 0.190. The Labute approximate surface area is 117 Å². The molecule has 0 aliphatic carbocycles. The molecular formula is C13H9BrN4O. The molecule has 94 valence electrons. The third-order valence-electron chi connectivity index (χ3n) is 2.71. The molecule has 3 rings (SSSR count). The summed E-state index contributed by atoms with van der Waals surface area (Å²) in [6.07, 6.45) is 3.37. The Kier molecular flexibility index (Phi) is 3.00. The lowest BCUT2D eigenvalue weighted by molar-refractivity contribution is 0.102. The molecule has 19 heavy (non-hydrogen) atoms. The summed E-state index contributed by atoms with van der Waals surface area (Å²) in [5.74, 6) is -0.190. The molecule has 0 bridgehead atoms. The molecule has 0 unspecified atom stereocenters. The highest BCUT2D eigenvalue weighted by Crippen LogP contribution is 2.20. The van der Waals surface area contributed by atoms with Gasteiger partial charge in [0.05, 0.1) is 17.4 Å². The molecule has 1 amide bonds. The first-order chi connectivity index (χ1) is 9.24. The van der Waals surface area contributed by atoms with Crippen molar-refractivity contribution >= 4 is 38.4 Å². The number of aromatic amines is 1. The predicted molar refractivity (Wildman–Crippen MR) is 76.0 cm³/mol. The number of nitrogens with one attached hydrogen (secondary N) is 2. The van der Waals surface area contributed by atoms with Crippen molar-refractivity contribution in [3.05, 3.63) is 52.9 Å². The maximum atomic E-state index is 12.1. The Hall–Kier alpha value is -2.21. The number of rotatable bonds is 2. The Balaban J connectivity index is 1.89. The van der Waals surface area contributed by atoms with Crippen molar-refractivity contribution in [1.29, 1.82) is 0 Å². The maximum absolute atomic E-state index is 12.1. The molecule has 5 nitrogen and oxygen atoms in total. The number of pyridine rings is 1. The van der Waals surface area contributed by atoms with E-state index in [2.05, 4.69) is 36.4 Å². The second-order valence-electron chi connectivity index (χ2n) is 3.97. The zero-order valence-corrected chi connectivity index (χ0v) is 11.3. The molecule has 0 fully saturated rings. The molecule has 2 N–H and O–H groups in total. The number of aromatic nitrogens is 3. The summed E-state index contributed by atoms with van der Waals surface area (Å²) < 4.78 is 0.603. The number of hydrogen-bond acceptors (Lipinski definition) is 3. The van der Waals surface area contributed by atoms with Crippen molar-refractivity contribution in [2.24, 2.45) is 0 Å². The van der Waals surface area contributed by atoms with Crippen LogP contribution in [0.3, 0.4) is 0 Å². The van der Waals surface area contributed by atoms with Gasteiger partial charge in [-0.2, -0.15) is 5.10 Å². The van der Waals surface area contributed by atoms with Gasteiger partial charge in [0.2, 0.25) is 0 Å². The molecule has 0 radical (unpaired) electrons. The van der Waals surface area contributed by atoms with E-state index in [4.69, 9.17) is 0 Å². The number of halogens is 1. The molecule has 0 atom stereocenters. The lowest BCUT2D eigenvalue weighted by Gasteiger charge is -2.06. The van der Waals surface area contributed by atoms with E-state index in [-0.39, 0.29) is 5.91 Å². The van der Waals surface area contributed by atoms with Gasteiger partial charge in [0.15, 0.2) is 0 Å². The number of nitrogens with zero attached hydrogens (tertiary/aromatic N) is 2. The van der Waals surface area contributed by atoms with Crippen LogP contribution in [0.1, 0.15) is 10.4 Å². The van der Waals surface area contributed by atoms with E-state index in [0.29, 0.717) is 15.9 Å². The van der Waals surface area contributed by atoms with Crippen LogP contribution >= 0.6 is 15.9 Å².